The van der Waals surface area contributed by atoms with Gasteiger partial charge in [0.2, 0.25) is 0 Å². The minimum Gasteiger partial charge on any atom is -0.444 e. The Morgan fingerprint density at radius 2 is 2.06 bits per heavy atom. The number of hydrogen-bond acceptors (Lipinski definition) is 3. The minimum absolute atomic E-state index is 0.195. The van der Waals surface area contributed by atoms with E-state index in [0.29, 0.717) is 12.0 Å². The Hall–Kier alpha value is -0.770. The number of nitrogens with zero attached hydrogens (tertiary/aromatic N) is 1. The maximum atomic E-state index is 11.9. The molecule has 1 fully saturated rings. The van der Waals surface area contributed by atoms with E-state index in [2.05, 4.69) is 12.2 Å². The second kappa shape index (κ2) is 5.04. The molecule has 0 saturated carbocycles. The lowest BCUT2D eigenvalue weighted by Crippen LogP contribution is -2.51. The van der Waals surface area contributed by atoms with Crippen LogP contribution in [0.3, 0.4) is 0 Å². The molecule has 0 aromatic rings. The van der Waals surface area contributed by atoms with Gasteiger partial charge in [-0.25, -0.2) is 4.79 Å². The van der Waals surface area contributed by atoms with Gasteiger partial charge in [0, 0.05) is 19.1 Å². The van der Waals surface area contributed by atoms with Crippen LogP contribution in [0.25, 0.3) is 0 Å². The lowest BCUT2D eigenvalue weighted by molar-refractivity contribution is 0.0152. The number of piperidine rings is 1. The molecule has 0 aromatic carbocycles. The first kappa shape index (κ1) is 13.3. The van der Waals surface area contributed by atoms with Gasteiger partial charge < -0.3 is 15.0 Å². The van der Waals surface area contributed by atoms with Crippen molar-refractivity contribution in [1.29, 1.82) is 0 Å². The lowest BCUT2D eigenvalue weighted by Gasteiger charge is -2.37. The molecule has 1 N–H and O–H groups in total. The smallest absolute Gasteiger partial charge is 0.410 e. The quantitative estimate of drug-likeness (QED) is 0.744. The fraction of sp³-hybridized carbons (Fsp3) is 0.917. The van der Waals surface area contributed by atoms with Crippen molar-refractivity contribution >= 4 is 6.09 Å². The molecule has 4 heteroatoms. The van der Waals surface area contributed by atoms with Gasteiger partial charge in [-0.1, -0.05) is 6.92 Å². The second-order valence-corrected chi connectivity index (χ2v) is 5.59. The molecule has 1 aliphatic heterocycles. The van der Waals surface area contributed by atoms with Crippen LogP contribution < -0.4 is 5.32 Å². The van der Waals surface area contributed by atoms with Crippen molar-refractivity contribution in [2.45, 2.75) is 45.8 Å². The minimum atomic E-state index is -0.407. The zero-order valence-electron chi connectivity index (χ0n) is 11.0. The molecule has 16 heavy (non-hydrogen) atoms. The van der Waals surface area contributed by atoms with Crippen LogP contribution in [-0.4, -0.2) is 42.8 Å². The predicted molar refractivity (Wildman–Crippen MR) is 64.4 cm³/mol. The van der Waals surface area contributed by atoms with E-state index in [1.54, 1.807) is 4.90 Å². The van der Waals surface area contributed by atoms with Gasteiger partial charge in [-0.3, -0.25) is 0 Å². The SMILES string of the molecule is CN[C@H]1CN(C(=O)OC(C)(C)C)CC[C@@H]1C. The molecule has 0 radical (unpaired) electrons. The number of ether oxygens (including phenoxy) is 1. The third kappa shape index (κ3) is 3.67. The molecule has 0 aliphatic carbocycles. The summed E-state index contributed by atoms with van der Waals surface area (Å²) in [6.07, 6.45) is 0.838. The van der Waals surface area contributed by atoms with Gasteiger partial charge in [-0.05, 0) is 40.2 Å². The average Bonchev–Trinajstić information content (AvgIpc) is 2.15. The molecule has 1 heterocycles. The molecule has 0 aromatic heterocycles. The summed E-state index contributed by atoms with van der Waals surface area (Å²) in [6.45, 7) is 9.45. The number of rotatable bonds is 1. The highest BCUT2D eigenvalue weighted by molar-refractivity contribution is 5.68. The monoisotopic (exact) mass is 228 g/mol. The molecule has 1 amide bonds. The number of carbonyl (C=O) groups is 1. The Bertz CT molecular complexity index is 248. The third-order valence-electron chi connectivity index (χ3n) is 2.98. The van der Waals surface area contributed by atoms with Crippen molar-refractivity contribution < 1.29 is 9.53 Å². The highest BCUT2D eigenvalue weighted by Gasteiger charge is 2.30. The van der Waals surface area contributed by atoms with E-state index in [4.69, 9.17) is 4.74 Å². The number of likely N-dealkylation sites (N-methyl/N-ethyl adjacent to an activating group) is 1. The Labute approximate surface area is 98.3 Å². The molecular weight excluding hydrogens is 204 g/mol. The van der Waals surface area contributed by atoms with Crippen LogP contribution in [0.4, 0.5) is 4.79 Å². The van der Waals surface area contributed by atoms with Crippen molar-refractivity contribution in [1.82, 2.24) is 10.2 Å². The summed E-state index contributed by atoms with van der Waals surface area (Å²) >= 11 is 0. The molecule has 1 saturated heterocycles. The summed E-state index contributed by atoms with van der Waals surface area (Å²) in [6, 6.07) is 0.376. The molecule has 0 bridgehead atoms. The molecule has 4 nitrogen and oxygen atoms in total. The highest BCUT2D eigenvalue weighted by Crippen LogP contribution is 2.19. The largest absolute Gasteiger partial charge is 0.444 e. The van der Waals surface area contributed by atoms with Crippen molar-refractivity contribution in [2.75, 3.05) is 20.1 Å². The van der Waals surface area contributed by atoms with Gasteiger partial charge in [-0.15, -0.1) is 0 Å². The van der Waals surface area contributed by atoms with Gasteiger partial charge in [0.1, 0.15) is 5.60 Å². The number of amides is 1. The fourth-order valence-electron chi connectivity index (χ4n) is 1.94. The summed E-state index contributed by atoms with van der Waals surface area (Å²) in [5.41, 5.74) is -0.407. The van der Waals surface area contributed by atoms with E-state index >= 15 is 0 Å². The van der Waals surface area contributed by atoms with Crippen LogP contribution in [0.5, 0.6) is 0 Å². The molecule has 0 spiro atoms. The second-order valence-electron chi connectivity index (χ2n) is 5.59. The fourth-order valence-corrected chi connectivity index (χ4v) is 1.94. The van der Waals surface area contributed by atoms with Gasteiger partial charge in [-0.2, -0.15) is 0 Å². The molecule has 0 unspecified atom stereocenters. The van der Waals surface area contributed by atoms with Crippen LogP contribution in [0.1, 0.15) is 34.1 Å². The van der Waals surface area contributed by atoms with Crippen LogP contribution in [0, 0.1) is 5.92 Å². The first-order valence-corrected chi connectivity index (χ1v) is 5.98. The summed E-state index contributed by atoms with van der Waals surface area (Å²) in [5, 5.41) is 3.25. The van der Waals surface area contributed by atoms with E-state index in [1.165, 1.54) is 0 Å². The number of nitrogens with one attached hydrogen (secondary N) is 1. The molecule has 1 rings (SSSR count). The maximum Gasteiger partial charge on any atom is 0.410 e. The van der Waals surface area contributed by atoms with Gasteiger partial charge in [0.05, 0.1) is 0 Å². The highest BCUT2D eigenvalue weighted by atomic mass is 16.6. The predicted octanol–water partition coefficient (Wildman–Crippen LogP) is 1.85. The topological polar surface area (TPSA) is 41.6 Å². The van der Waals surface area contributed by atoms with Crippen molar-refractivity contribution in [3.8, 4) is 0 Å². The van der Waals surface area contributed by atoms with E-state index < -0.39 is 5.60 Å². The summed E-state index contributed by atoms with van der Waals surface area (Å²) in [5.74, 6) is 0.615. The maximum absolute atomic E-state index is 11.9. The van der Waals surface area contributed by atoms with Crippen molar-refractivity contribution in [3.63, 3.8) is 0 Å². The van der Waals surface area contributed by atoms with Crippen LogP contribution in [0.15, 0.2) is 0 Å². The standard InChI is InChI=1S/C12H24N2O2/c1-9-6-7-14(8-10(9)13-5)11(15)16-12(2,3)4/h9-10,13H,6-8H2,1-5H3/t9-,10-/m0/s1. The zero-order valence-corrected chi connectivity index (χ0v) is 11.0. The Kier molecular flexibility index (Phi) is 4.19. The van der Waals surface area contributed by atoms with Crippen LogP contribution >= 0.6 is 0 Å². The third-order valence-corrected chi connectivity index (χ3v) is 2.98. The molecular formula is C12H24N2O2. The summed E-state index contributed by atoms with van der Waals surface area (Å²) in [4.78, 5) is 13.7. The normalized spacial score (nSPS) is 26.7. The Morgan fingerprint density at radius 1 is 1.44 bits per heavy atom. The van der Waals surface area contributed by atoms with E-state index in [0.717, 1.165) is 19.5 Å². The molecule has 2 atom stereocenters. The number of hydrogen-bond donors (Lipinski definition) is 1. The van der Waals surface area contributed by atoms with Gasteiger partial charge in [0.25, 0.3) is 0 Å². The molecule has 94 valence electrons. The summed E-state index contributed by atoms with van der Waals surface area (Å²) in [7, 11) is 1.94. The van der Waals surface area contributed by atoms with E-state index in [1.807, 2.05) is 27.8 Å². The van der Waals surface area contributed by atoms with Crippen LogP contribution in [-0.2, 0) is 4.74 Å². The average molecular weight is 228 g/mol. The van der Waals surface area contributed by atoms with Crippen molar-refractivity contribution in [2.24, 2.45) is 5.92 Å². The van der Waals surface area contributed by atoms with Crippen LogP contribution in [0.2, 0.25) is 0 Å². The van der Waals surface area contributed by atoms with E-state index in [-0.39, 0.29) is 6.09 Å². The van der Waals surface area contributed by atoms with Gasteiger partial charge in [0.15, 0.2) is 0 Å². The van der Waals surface area contributed by atoms with Gasteiger partial charge >= 0.3 is 6.09 Å². The first-order chi connectivity index (χ1) is 7.33. The summed E-state index contributed by atoms with van der Waals surface area (Å²) < 4.78 is 5.36. The lowest BCUT2D eigenvalue weighted by atomic mass is 9.94. The number of carbonyl (C=O) groups excluding carboxylic acids is 1. The zero-order chi connectivity index (χ0) is 12.3. The molecule has 1 aliphatic rings. The Balaban J connectivity index is 2.52. The van der Waals surface area contributed by atoms with Crippen molar-refractivity contribution in [3.05, 3.63) is 0 Å². The number of likely N-dealkylation sites (tertiary alicyclic amines) is 1. The van der Waals surface area contributed by atoms with E-state index in [9.17, 15) is 4.79 Å². The Morgan fingerprint density at radius 3 is 2.56 bits per heavy atom. The first-order valence-electron chi connectivity index (χ1n) is 5.98.